The molecule has 0 amide bonds. The number of benzene rings is 2. The van der Waals surface area contributed by atoms with E-state index in [-0.39, 0.29) is 10.5 Å². The summed E-state index contributed by atoms with van der Waals surface area (Å²) < 4.78 is -0.209. The molecule has 0 saturated carbocycles. The van der Waals surface area contributed by atoms with Gasteiger partial charge in [-0.3, -0.25) is 4.79 Å². The Balaban J connectivity index is 2.26. The fourth-order valence-electron chi connectivity index (χ4n) is 1.98. The van der Waals surface area contributed by atoms with Crippen LogP contribution >= 0.6 is 23.4 Å². The SMILES string of the molecule is O=C1c2ccccc2SC(Cl)c2ccccc21. The maximum absolute atomic E-state index is 12.4. The van der Waals surface area contributed by atoms with E-state index >= 15 is 0 Å². The lowest BCUT2D eigenvalue weighted by Gasteiger charge is -2.08. The quantitative estimate of drug-likeness (QED) is 0.659. The van der Waals surface area contributed by atoms with Crippen molar-refractivity contribution >= 4 is 29.1 Å². The summed E-state index contributed by atoms with van der Waals surface area (Å²) >= 11 is 7.88. The van der Waals surface area contributed by atoms with Gasteiger partial charge >= 0.3 is 0 Å². The molecule has 3 heteroatoms. The summed E-state index contributed by atoms with van der Waals surface area (Å²) in [5.74, 6) is 0.0619. The highest BCUT2D eigenvalue weighted by molar-refractivity contribution is 8.00. The number of hydrogen-bond acceptors (Lipinski definition) is 2. The zero-order valence-corrected chi connectivity index (χ0v) is 10.5. The van der Waals surface area contributed by atoms with Crippen LogP contribution in [0.25, 0.3) is 0 Å². The third-order valence-electron chi connectivity index (χ3n) is 2.81. The summed E-state index contributed by atoms with van der Waals surface area (Å²) in [5.41, 5.74) is 2.36. The van der Waals surface area contributed by atoms with Gasteiger partial charge in [-0.2, -0.15) is 0 Å². The molecule has 0 N–H and O–H groups in total. The number of carbonyl (C=O) groups excluding carboxylic acids is 1. The average molecular weight is 261 g/mol. The molecule has 0 spiro atoms. The van der Waals surface area contributed by atoms with Crippen molar-refractivity contribution in [2.24, 2.45) is 0 Å². The minimum Gasteiger partial charge on any atom is -0.289 e. The van der Waals surface area contributed by atoms with E-state index in [1.165, 1.54) is 11.8 Å². The van der Waals surface area contributed by atoms with Gasteiger partial charge in [0.15, 0.2) is 5.78 Å². The Hall–Kier alpha value is -1.25. The third kappa shape index (κ3) is 1.78. The molecular weight excluding hydrogens is 252 g/mol. The molecule has 0 bridgehead atoms. The summed E-state index contributed by atoms with van der Waals surface area (Å²) in [5, 5.41) is 0. The Morgan fingerprint density at radius 2 is 1.59 bits per heavy atom. The molecule has 0 aliphatic carbocycles. The number of carbonyl (C=O) groups is 1. The zero-order chi connectivity index (χ0) is 11.8. The second-order valence-corrected chi connectivity index (χ2v) is 5.69. The summed E-state index contributed by atoms with van der Waals surface area (Å²) in [6.07, 6.45) is 0. The van der Waals surface area contributed by atoms with Crippen LogP contribution in [0.15, 0.2) is 53.4 Å². The van der Waals surface area contributed by atoms with Crippen LogP contribution in [-0.2, 0) is 0 Å². The summed E-state index contributed by atoms with van der Waals surface area (Å²) in [7, 11) is 0. The molecule has 17 heavy (non-hydrogen) atoms. The van der Waals surface area contributed by atoms with Crippen molar-refractivity contribution in [3.05, 3.63) is 65.2 Å². The molecule has 1 nitrogen and oxygen atoms in total. The van der Waals surface area contributed by atoms with Crippen molar-refractivity contribution in [3.8, 4) is 0 Å². The van der Waals surface area contributed by atoms with E-state index in [0.29, 0.717) is 5.56 Å². The summed E-state index contributed by atoms with van der Waals surface area (Å²) in [6.45, 7) is 0. The Morgan fingerprint density at radius 3 is 2.41 bits per heavy atom. The number of halogens is 1. The van der Waals surface area contributed by atoms with Gasteiger partial charge in [0.2, 0.25) is 0 Å². The van der Waals surface area contributed by atoms with E-state index in [0.717, 1.165) is 16.0 Å². The molecule has 0 radical (unpaired) electrons. The number of rotatable bonds is 0. The number of ketones is 1. The first kappa shape index (κ1) is 10.9. The third-order valence-corrected chi connectivity index (χ3v) is 4.39. The van der Waals surface area contributed by atoms with Crippen molar-refractivity contribution in [1.82, 2.24) is 0 Å². The van der Waals surface area contributed by atoms with Gasteiger partial charge in [0, 0.05) is 16.0 Å². The Kier molecular flexibility index (Phi) is 2.69. The van der Waals surface area contributed by atoms with Crippen LogP contribution in [0, 0.1) is 0 Å². The normalized spacial score (nSPS) is 18.2. The van der Waals surface area contributed by atoms with Gasteiger partial charge in [-0.1, -0.05) is 36.4 Å². The monoisotopic (exact) mass is 260 g/mol. The lowest BCUT2D eigenvalue weighted by molar-refractivity contribution is 0.103. The van der Waals surface area contributed by atoms with E-state index in [9.17, 15) is 4.79 Å². The molecule has 0 saturated heterocycles. The second kappa shape index (κ2) is 4.21. The van der Waals surface area contributed by atoms with Crippen molar-refractivity contribution in [2.45, 2.75) is 9.60 Å². The van der Waals surface area contributed by atoms with Crippen molar-refractivity contribution < 1.29 is 4.79 Å². The van der Waals surface area contributed by atoms with Gasteiger partial charge in [-0.25, -0.2) is 0 Å². The van der Waals surface area contributed by atoms with Gasteiger partial charge in [-0.15, -0.1) is 23.4 Å². The van der Waals surface area contributed by atoms with Crippen molar-refractivity contribution in [1.29, 1.82) is 0 Å². The van der Waals surface area contributed by atoms with Crippen LogP contribution in [0.1, 0.15) is 26.2 Å². The molecule has 2 aromatic carbocycles. The molecule has 0 fully saturated rings. The first-order valence-electron chi connectivity index (χ1n) is 5.31. The van der Waals surface area contributed by atoms with E-state index in [1.807, 2.05) is 48.5 Å². The maximum Gasteiger partial charge on any atom is 0.194 e. The molecule has 1 aliphatic rings. The Labute approximate surface area is 109 Å². The smallest absolute Gasteiger partial charge is 0.194 e. The standard InChI is InChI=1S/C14H9ClOS/c15-14-10-6-2-1-5-9(10)13(16)11-7-3-4-8-12(11)17-14/h1-8,14H. The van der Waals surface area contributed by atoms with Gasteiger partial charge in [-0.05, 0) is 17.7 Å². The Morgan fingerprint density at radius 1 is 0.941 bits per heavy atom. The lowest BCUT2D eigenvalue weighted by atomic mass is 9.99. The number of alkyl halides is 1. The molecule has 1 atom stereocenters. The fourth-order valence-corrected chi connectivity index (χ4v) is 3.46. The van der Waals surface area contributed by atoms with E-state index in [2.05, 4.69) is 0 Å². The minimum absolute atomic E-state index is 0.0619. The predicted octanol–water partition coefficient (Wildman–Crippen LogP) is 4.26. The molecule has 84 valence electrons. The Bertz CT molecular complexity index is 594. The predicted molar refractivity (Wildman–Crippen MR) is 70.8 cm³/mol. The first-order chi connectivity index (χ1) is 8.27. The number of fused-ring (bicyclic) bond motifs is 2. The fraction of sp³-hybridized carbons (Fsp3) is 0.0714. The van der Waals surface area contributed by atoms with Crippen molar-refractivity contribution in [2.75, 3.05) is 0 Å². The van der Waals surface area contributed by atoms with E-state index in [4.69, 9.17) is 11.6 Å². The van der Waals surface area contributed by atoms with Crippen LogP contribution in [0.4, 0.5) is 0 Å². The van der Waals surface area contributed by atoms with Crippen molar-refractivity contribution in [3.63, 3.8) is 0 Å². The van der Waals surface area contributed by atoms with Gasteiger partial charge < -0.3 is 0 Å². The molecule has 0 aromatic heterocycles. The summed E-state index contributed by atoms with van der Waals surface area (Å²) in [4.78, 5) is 13.4. The second-order valence-electron chi connectivity index (χ2n) is 3.85. The number of hydrogen-bond donors (Lipinski definition) is 0. The average Bonchev–Trinajstić information content (AvgIpc) is 2.48. The highest BCUT2D eigenvalue weighted by Crippen LogP contribution is 2.44. The van der Waals surface area contributed by atoms with Gasteiger partial charge in [0.1, 0.15) is 4.71 Å². The highest BCUT2D eigenvalue weighted by atomic mass is 35.5. The topological polar surface area (TPSA) is 17.1 Å². The van der Waals surface area contributed by atoms with Crippen LogP contribution in [-0.4, -0.2) is 5.78 Å². The maximum atomic E-state index is 12.4. The first-order valence-corrected chi connectivity index (χ1v) is 6.62. The molecule has 1 aliphatic heterocycles. The van der Waals surface area contributed by atoms with Crippen LogP contribution in [0.3, 0.4) is 0 Å². The molecular formula is C14H9ClOS. The summed E-state index contributed by atoms with van der Waals surface area (Å²) in [6, 6.07) is 15.2. The van der Waals surface area contributed by atoms with Crippen LogP contribution in [0.2, 0.25) is 0 Å². The van der Waals surface area contributed by atoms with Gasteiger partial charge in [0.25, 0.3) is 0 Å². The zero-order valence-electron chi connectivity index (χ0n) is 8.89. The minimum atomic E-state index is -0.209. The van der Waals surface area contributed by atoms with E-state index in [1.54, 1.807) is 0 Å². The van der Waals surface area contributed by atoms with Crippen LogP contribution in [0.5, 0.6) is 0 Å². The molecule has 1 unspecified atom stereocenters. The van der Waals surface area contributed by atoms with E-state index < -0.39 is 0 Å². The lowest BCUT2D eigenvalue weighted by Crippen LogP contribution is -2.03. The molecule has 1 heterocycles. The number of thioether (sulfide) groups is 1. The van der Waals surface area contributed by atoms with Gasteiger partial charge in [0.05, 0.1) is 0 Å². The largest absolute Gasteiger partial charge is 0.289 e. The highest BCUT2D eigenvalue weighted by Gasteiger charge is 2.25. The van der Waals surface area contributed by atoms with Crippen LogP contribution < -0.4 is 0 Å². The molecule has 3 rings (SSSR count). The molecule has 2 aromatic rings.